The number of carbonyl (C=O) groups is 2. The van der Waals surface area contributed by atoms with Crippen molar-refractivity contribution in [3.8, 4) is 0 Å². The molecule has 28 heavy (non-hydrogen) atoms. The molecule has 2 amide bonds. The lowest BCUT2D eigenvalue weighted by Crippen LogP contribution is -2.53. The molecular weight excluding hydrogens is 403 g/mol. The van der Waals surface area contributed by atoms with Gasteiger partial charge in [0.05, 0.1) is 12.7 Å². The Hall–Kier alpha value is -1.35. The van der Waals surface area contributed by atoms with Gasteiger partial charge in [-0.1, -0.05) is 0 Å². The highest BCUT2D eigenvalue weighted by molar-refractivity contribution is 5.85. The van der Waals surface area contributed by atoms with Crippen molar-refractivity contribution in [2.45, 2.75) is 25.3 Å². The van der Waals surface area contributed by atoms with E-state index in [0.29, 0.717) is 19.6 Å². The summed E-state index contributed by atoms with van der Waals surface area (Å²) < 4.78 is 1.71. The number of carbonyl (C=O) groups excluding carboxylic acids is 2. The van der Waals surface area contributed by atoms with Crippen LogP contribution in [0, 0.1) is 0 Å². The van der Waals surface area contributed by atoms with Crippen LogP contribution in [-0.2, 0) is 16.6 Å². The average molecular weight is 435 g/mol. The summed E-state index contributed by atoms with van der Waals surface area (Å²) in [4.78, 5) is 31.3. The number of aryl methyl sites for hydroxylation is 1. The fraction of sp³-hybridized carbons (Fsp3) is 0.722. The zero-order valence-electron chi connectivity index (χ0n) is 16.7. The highest BCUT2D eigenvalue weighted by Crippen LogP contribution is 2.16. The molecular formula is C18H32Cl2N6O2. The molecule has 2 aliphatic heterocycles. The minimum Gasteiger partial charge on any atom is -0.342 e. The Balaban J connectivity index is 0.00000196. The van der Waals surface area contributed by atoms with Crippen LogP contribution in [0.25, 0.3) is 0 Å². The number of nitrogens with one attached hydrogen (secondary N) is 1. The van der Waals surface area contributed by atoms with Crippen molar-refractivity contribution in [3.63, 3.8) is 0 Å². The van der Waals surface area contributed by atoms with E-state index in [9.17, 15) is 9.59 Å². The van der Waals surface area contributed by atoms with Crippen LogP contribution in [0.1, 0.15) is 30.9 Å². The molecule has 1 N–H and O–H groups in total. The molecule has 1 atom stereocenters. The highest BCUT2D eigenvalue weighted by atomic mass is 35.5. The summed E-state index contributed by atoms with van der Waals surface area (Å²) in [7, 11) is 3.64. The molecule has 0 radical (unpaired) electrons. The van der Waals surface area contributed by atoms with Gasteiger partial charge in [0.15, 0.2) is 0 Å². The van der Waals surface area contributed by atoms with Crippen LogP contribution >= 0.6 is 24.8 Å². The Labute approximate surface area is 179 Å². The molecule has 3 heterocycles. The Bertz CT molecular complexity index is 627. The van der Waals surface area contributed by atoms with E-state index < -0.39 is 0 Å². The molecule has 8 nitrogen and oxygen atoms in total. The number of hydrogen-bond acceptors (Lipinski definition) is 5. The van der Waals surface area contributed by atoms with Gasteiger partial charge in [0.2, 0.25) is 11.8 Å². The molecule has 0 aromatic carbocycles. The van der Waals surface area contributed by atoms with Crippen LogP contribution in [-0.4, -0.2) is 89.2 Å². The van der Waals surface area contributed by atoms with Gasteiger partial charge in [-0.3, -0.25) is 19.2 Å². The molecule has 1 aromatic heterocycles. The van der Waals surface area contributed by atoms with Gasteiger partial charge in [-0.25, -0.2) is 0 Å². The molecule has 2 aliphatic rings. The van der Waals surface area contributed by atoms with E-state index in [2.05, 4.69) is 15.3 Å². The van der Waals surface area contributed by atoms with Crippen LogP contribution in [0.4, 0.5) is 0 Å². The van der Waals surface area contributed by atoms with Gasteiger partial charge in [0.25, 0.3) is 0 Å². The number of piperazine rings is 1. The molecule has 1 aromatic rings. The summed E-state index contributed by atoms with van der Waals surface area (Å²) in [5.74, 6) is 0.301. The first-order chi connectivity index (χ1) is 12.6. The second-order valence-electron chi connectivity index (χ2n) is 7.21. The van der Waals surface area contributed by atoms with E-state index in [1.54, 1.807) is 17.9 Å². The lowest BCUT2D eigenvalue weighted by molar-refractivity contribution is -0.137. The van der Waals surface area contributed by atoms with Crippen molar-refractivity contribution < 1.29 is 9.59 Å². The summed E-state index contributed by atoms with van der Waals surface area (Å²) in [5.41, 5.74) is 0.878. The quantitative estimate of drug-likeness (QED) is 0.737. The van der Waals surface area contributed by atoms with E-state index in [1.165, 1.54) is 6.42 Å². The number of rotatable bonds is 5. The largest absolute Gasteiger partial charge is 0.342 e. The molecule has 10 heteroatoms. The minimum absolute atomic E-state index is 0. The van der Waals surface area contributed by atoms with Gasteiger partial charge in [0.1, 0.15) is 6.04 Å². The third kappa shape index (κ3) is 6.07. The van der Waals surface area contributed by atoms with Crippen molar-refractivity contribution in [3.05, 3.63) is 18.0 Å². The second kappa shape index (κ2) is 11.6. The van der Waals surface area contributed by atoms with Crippen LogP contribution in [0.2, 0.25) is 0 Å². The summed E-state index contributed by atoms with van der Waals surface area (Å²) in [6.07, 6.45) is 7.06. The van der Waals surface area contributed by atoms with Crippen molar-refractivity contribution in [1.29, 1.82) is 0 Å². The normalized spacial score (nSPS) is 18.8. The number of nitrogens with zero attached hydrogens (tertiary/aromatic N) is 5. The Morgan fingerprint density at radius 3 is 2.21 bits per heavy atom. The molecule has 0 aliphatic carbocycles. The van der Waals surface area contributed by atoms with Gasteiger partial charge in [-0.15, -0.1) is 24.8 Å². The zero-order valence-corrected chi connectivity index (χ0v) is 18.3. The third-order valence-electron chi connectivity index (χ3n) is 5.35. The third-order valence-corrected chi connectivity index (χ3v) is 5.35. The van der Waals surface area contributed by atoms with Crippen LogP contribution in [0.15, 0.2) is 12.4 Å². The number of likely N-dealkylation sites (N-methyl/N-ethyl adjacent to an activating group) is 1. The van der Waals surface area contributed by atoms with Gasteiger partial charge < -0.3 is 15.1 Å². The van der Waals surface area contributed by atoms with Gasteiger partial charge in [-0.05, 0) is 26.3 Å². The molecule has 3 rings (SSSR count). The first kappa shape index (κ1) is 24.7. The molecule has 0 spiro atoms. The fourth-order valence-electron chi connectivity index (χ4n) is 3.77. The number of hydrogen-bond donors (Lipinski definition) is 1. The summed E-state index contributed by atoms with van der Waals surface area (Å²) >= 11 is 0. The van der Waals surface area contributed by atoms with Crippen molar-refractivity contribution >= 4 is 36.6 Å². The highest BCUT2D eigenvalue weighted by Gasteiger charge is 2.29. The number of amides is 2. The molecule has 0 saturated carbocycles. The monoisotopic (exact) mass is 434 g/mol. The molecule has 0 bridgehead atoms. The van der Waals surface area contributed by atoms with Gasteiger partial charge in [-0.2, -0.15) is 5.10 Å². The summed E-state index contributed by atoms with van der Waals surface area (Å²) in [6, 6.07) is -0.370. The molecule has 160 valence electrons. The maximum Gasteiger partial charge on any atom is 0.244 e. The Morgan fingerprint density at radius 2 is 1.68 bits per heavy atom. The first-order valence-electron chi connectivity index (χ1n) is 9.53. The Morgan fingerprint density at radius 1 is 1.04 bits per heavy atom. The fourth-order valence-corrected chi connectivity index (χ4v) is 3.77. The first-order valence-corrected chi connectivity index (χ1v) is 9.53. The zero-order chi connectivity index (χ0) is 18.5. The van der Waals surface area contributed by atoms with Crippen LogP contribution in [0.3, 0.4) is 0 Å². The molecule has 2 saturated heterocycles. The Kier molecular flexibility index (Phi) is 10.2. The molecule has 2 fully saturated rings. The number of aromatic nitrogens is 2. The van der Waals surface area contributed by atoms with E-state index in [4.69, 9.17) is 0 Å². The van der Waals surface area contributed by atoms with Crippen molar-refractivity contribution in [2.75, 3.05) is 52.9 Å². The molecule has 1 unspecified atom stereocenters. The van der Waals surface area contributed by atoms with Gasteiger partial charge in [0, 0.05) is 58.1 Å². The topological polar surface area (TPSA) is 73.7 Å². The van der Waals surface area contributed by atoms with E-state index in [0.717, 1.165) is 44.6 Å². The van der Waals surface area contributed by atoms with Crippen molar-refractivity contribution in [1.82, 2.24) is 29.8 Å². The number of likely N-dealkylation sites (tertiary alicyclic amines) is 1. The second-order valence-corrected chi connectivity index (χ2v) is 7.21. The minimum atomic E-state index is -0.370. The smallest absolute Gasteiger partial charge is 0.244 e. The lowest BCUT2D eigenvalue weighted by Gasteiger charge is -2.37. The standard InChI is InChI=1S/C18H30N6O2.2ClH/c1-19-17(15-12-20-21(2)13-15)18(26)24-10-8-22(9-11-24)14-16(25)23-6-4-3-5-7-23;;/h12-13,17,19H,3-11,14H2,1-2H3;2*1H. The predicted octanol–water partition coefficient (Wildman–Crippen LogP) is 0.681. The summed E-state index contributed by atoms with van der Waals surface area (Å²) in [5, 5.41) is 7.25. The maximum absolute atomic E-state index is 12.8. The van der Waals surface area contributed by atoms with E-state index in [1.807, 2.05) is 23.0 Å². The van der Waals surface area contributed by atoms with E-state index >= 15 is 0 Å². The number of piperidine rings is 1. The van der Waals surface area contributed by atoms with Gasteiger partial charge >= 0.3 is 0 Å². The SMILES string of the molecule is CNC(C(=O)N1CCN(CC(=O)N2CCCCC2)CC1)c1cnn(C)c1.Cl.Cl. The van der Waals surface area contributed by atoms with Crippen molar-refractivity contribution in [2.24, 2.45) is 7.05 Å². The predicted molar refractivity (Wildman–Crippen MR) is 113 cm³/mol. The van der Waals surface area contributed by atoms with E-state index in [-0.39, 0.29) is 42.7 Å². The van der Waals surface area contributed by atoms with Crippen LogP contribution < -0.4 is 5.32 Å². The number of halogens is 2. The summed E-state index contributed by atoms with van der Waals surface area (Å²) in [6.45, 7) is 5.07. The maximum atomic E-state index is 12.8. The lowest BCUT2D eigenvalue weighted by atomic mass is 10.1. The van der Waals surface area contributed by atoms with Crippen LogP contribution in [0.5, 0.6) is 0 Å². The average Bonchev–Trinajstić information content (AvgIpc) is 3.09.